The summed E-state index contributed by atoms with van der Waals surface area (Å²) in [6.45, 7) is 1.84. The van der Waals surface area contributed by atoms with Crippen LogP contribution in [0.3, 0.4) is 0 Å². The first-order valence-electron chi connectivity index (χ1n) is 5.70. The molecule has 1 aromatic heterocycles. The molecule has 0 saturated carbocycles. The van der Waals surface area contributed by atoms with E-state index in [2.05, 4.69) is 20.6 Å². The minimum absolute atomic E-state index is 0.0417. The molecule has 2 heterocycles. The van der Waals surface area contributed by atoms with Crippen LogP contribution in [0, 0.1) is 6.92 Å². The molecule has 90 valence electrons. The Bertz CT molecular complexity index is 624. The molecule has 2 N–H and O–H groups in total. The SMILES string of the molecule is Cc1nccc(Nc2ccc3c(c2)CC(=O)N3)n1. The van der Waals surface area contributed by atoms with Crippen LogP contribution in [-0.2, 0) is 11.2 Å². The zero-order valence-electron chi connectivity index (χ0n) is 9.90. The Morgan fingerprint density at radius 2 is 2.22 bits per heavy atom. The molecular formula is C13H12N4O. The number of carbonyl (C=O) groups is 1. The Kier molecular flexibility index (Phi) is 2.44. The molecule has 0 bridgehead atoms. The fourth-order valence-electron chi connectivity index (χ4n) is 1.98. The molecule has 3 rings (SSSR count). The number of amides is 1. The fourth-order valence-corrected chi connectivity index (χ4v) is 1.98. The van der Waals surface area contributed by atoms with E-state index in [4.69, 9.17) is 0 Å². The van der Waals surface area contributed by atoms with Gasteiger partial charge in [0.05, 0.1) is 6.42 Å². The van der Waals surface area contributed by atoms with Crippen molar-refractivity contribution in [1.82, 2.24) is 9.97 Å². The highest BCUT2D eigenvalue weighted by Gasteiger charge is 2.17. The van der Waals surface area contributed by atoms with Crippen LogP contribution in [0.2, 0.25) is 0 Å². The second-order valence-electron chi connectivity index (χ2n) is 4.21. The third-order valence-electron chi connectivity index (χ3n) is 2.78. The van der Waals surface area contributed by atoms with Gasteiger partial charge in [0, 0.05) is 17.6 Å². The van der Waals surface area contributed by atoms with Gasteiger partial charge in [0.15, 0.2) is 0 Å². The minimum atomic E-state index is 0.0417. The zero-order chi connectivity index (χ0) is 12.5. The summed E-state index contributed by atoms with van der Waals surface area (Å²) in [5.74, 6) is 1.51. The van der Waals surface area contributed by atoms with Crippen molar-refractivity contribution in [3.63, 3.8) is 0 Å². The summed E-state index contributed by atoms with van der Waals surface area (Å²) in [5.41, 5.74) is 2.82. The van der Waals surface area contributed by atoms with Crippen LogP contribution in [-0.4, -0.2) is 15.9 Å². The highest BCUT2D eigenvalue weighted by atomic mass is 16.1. The van der Waals surface area contributed by atoms with Crippen molar-refractivity contribution in [3.8, 4) is 0 Å². The average molecular weight is 240 g/mol. The van der Waals surface area contributed by atoms with Gasteiger partial charge < -0.3 is 10.6 Å². The van der Waals surface area contributed by atoms with Gasteiger partial charge in [-0.25, -0.2) is 9.97 Å². The van der Waals surface area contributed by atoms with Gasteiger partial charge in [-0.3, -0.25) is 4.79 Å². The van der Waals surface area contributed by atoms with Crippen LogP contribution in [0.25, 0.3) is 0 Å². The summed E-state index contributed by atoms with van der Waals surface area (Å²) in [7, 11) is 0. The Labute approximate surface area is 104 Å². The number of nitrogens with zero attached hydrogens (tertiary/aromatic N) is 2. The number of carbonyl (C=O) groups excluding carboxylic acids is 1. The largest absolute Gasteiger partial charge is 0.340 e. The second kappa shape index (κ2) is 4.10. The zero-order valence-corrected chi connectivity index (χ0v) is 9.90. The van der Waals surface area contributed by atoms with Gasteiger partial charge in [0.1, 0.15) is 11.6 Å². The van der Waals surface area contributed by atoms with Gasteiger partial charge in [-0.1, -0.05) is 0 Å². The Hall–Kier alpha value is -2.43. The van der Waals surface area contributed by atoms with Crippen LogP contribution in [0.4, 0.5) is 17.2 Å². The lowest BCUT2D eigenvalue weighted by Gasteiger charge is -2.07. The molecule has 0 aliphatic carbocycles. The van der Waals surface area contributed by atoms with Crippen molar-refractivity contribution in [2.24, 2.45) is 0 Å². The smallest absolute Gasteiger partial charge is 0.228 e. The van der Waals surface area contributed by atoms with Crippen molar-refractivity contribution < 1.29 is 4.79 Å². The van der Waals surface area contributed by atoms with Crippen LogP contribution < -0.4 is 10.6 Å². The lowest BCUT2D eigenvalue weighted by Crippen LogP contribution is -2.03. The van der Waals surface area contributed by atoms with Crippen LogP contribution in [0.1, 0.15) is 11.4 Å². The van der Waals surface area contributed by atoms with Gasteiger partial charge in [-0.05, 0) is 36.8 Å². The van der Waals surface area contributed by atoms with Gasteiger partial charge in [0.2, 0.25) is 5.91 Å². The quantitative estimate of drug-likeness (QED) is 0.842. The molecule has 0 unspecified atom stereocenters. The Morgan fingerprint density at radius 1 is 1.33 bits per heavy atom. The number of nitrogens with one attached hydrogen (secondary N) is 2. The molecule has 2 aromatic rings. The number of hydrogen-bond acceptors (Lipinski definition) is 4. The summed E-state index contributed by atoms with van der Waals surface area (Å²) in [4.78, 5) is 19.6. The van der Waals surface area contributed by atoms with E-state index in [9.17, 15) is 4.79 Å². The van der Waals surface area contributed by atoms with E-state index in [1.54, 1.807) is 6.20 Å². The van der Waals surface area contributed by atoms with E-state index in [-0.39, 0.29) is 5.91 Å². The minimum Gasteiger partial charge on any atom is -0.340 e. The topological polar surface area (TPSA) is 66.9 Å². The molecule has 1 aliphatic rings. The predicted molar refractivity (Wildman–Crippen MR) is 68.8 cm³/mol. The number of fused-ring (bicyclic) bond motifs is 1. The van der Waals surface area contributed by atoms with Crippen molar-refractivity contribution in [3.05, 3.63) is 41.9 Å². The van der Waals surface area contributed by atoms with E-state index < -0.39 is 0 Å². The lowest BCUT2D eigenvalue weighted by atomic mass is 10.1. The molecule has 0 fully saturated rings. The maximum absolute atomic E-state index is 11.3. The van der Waals surface area contributed by atoms with Crippen molar-refractivity contribution in [2.75, 3.05) is 10.6 Å². The first kappa shape index (κ1) is 10.7. The predicted octanol–water partition coefficient (Wildman–Crippen LogP) is 2.02. The van der Waals surface area contributed by atoms with E-state index in [1.165, 1.54) is 0 Å². The third kappa shape index (κ3) is 2.02. The molecular weight excluding hydrogens is 228 g/mol. The molecule has 1 amide bonds. The van der Waals surface area contributed by atoms with Gasteiger partial charge in [-0.2, -0.15) is 0 Å². The number of anilines is 3. The van der Waals surface area contributed by atoms with E-state index >= 15 is 0 Å². The molecule has 5 nitrogen and oxygen atoms in total. The molecule has 0 spiro atoms. The van der Waals surface area contributed by atoms with Crippen molar-refractivity contribution in [2.45, 2.75) is 13.3 Å². The third-order valence-corrected chi connectivity index (χ3v) is 2.78. The maximum Gasteiger partial charge on any atom is 0.228 e. The summed E-state index contributed by atoms with van der Waals surface area (Å²) in [6.07, 6.45) is 2.15. The molecule has 0 atom stereocenters. The van der Waals surface area contributed by atoms with Crippen LogP contribution in [0.15, 0.2) is 30.5 Å². The molecule has 0 radical (unpaired) electrons. The normalized spacial score (nSPS) is 13.1. The fraction of sp³-hybridized carbons (Fsp3) is 0.154. The Balaban J connectivity index is 1.86. The number of hydrogen-bond donors (Lipinski definition) is 2. The number of aromatic nitrogens is 2. The number of aryl methyl sites for hydroxylation is 1. The standard InChI is InChI=1S/C13H12N4O/c1-8-14-5-4-12(15-8)16-10-2-3-11-9(6-10)7-13(18)17-11/h2-6H,7H2,1H3,(H,17,18)(H,14,15,16). The van der Waals surface area contributed by atoms with Crippen LogP contribution >= 0.6 is 0 Å². The van der Waals surface area contributed by atoms with E-state index in [0.717, 1.165) is 28.6 Å². The Morgan fingerprint density at radius 3 is 3.06 bits per heavy atom. The van der Waals surface area contributed by atoms with Crippen LogP contribution in [0.5, 0.6) is 0 Å². The summed E-state index contributed by atoms with van der Waals surface area (Å²) >= 11 is 0. The summed E-state index contributed by atoms with van der Waals surface area (Å²) in [5, 5.41) is 6.00. The molecule has 18 heavy (non-hydrogen) atoms. The highest BCUT2D eigenvalue weighted by molar-refractivity contribution is 5.99. The second-order valence-corrected chi connectivity index (χ2v) is 4.21. The van der Waals surface area contributed by atoms with Crippen molar-refractivity contribution in [1.29, 1.82) is 0 Å². The maximum atomic E-state index is 11.3. The highest BCUT2D eigenvalue weighted by Crippen LogP contribution is 2.27. The summed E-state index contributed by atoms with van der Waals surface area (Å²) in [6, 6.07) is 7.59. The van der Waals surface area contributed by atoms with Gasteiger partial charge >= 0.3 is 0 Å². The monoisotopic (exact) mass is 240 g/mol. The van der Waals surface area contributed by atoms with Crippen molar-refractivity contribution >= 4 is 23.1 Å². The first-order valence-corrected chi connectivity index (χ1v) is 5.70. The van der Waals surface area contributed by atoms with Gasteiger partial charge in [0.25, 0.3) is 0 Å². The molecule has 5 heteroatoms. The number of benzene rings is 1. The molecule has 1 aromatic carbocycles. The summed E-state index contributed by atoms with van der Waals surface area (Å²) < 4.78 is 0. The van der Waals surface area contributed by atoms with Gasteiger partial charge in [-0.15, -0.1) is 0 Å². The van der Waals surface area contributed by atoms with E-state index in [0.29, 0.717) is 6.42 Å². The van der Waals surface area contributed by atoms with E-state index in [1.807, 2.05) is 31.2 Å². The number of rotatable bonds is 2. The average Bonchev–Trinajstić information content (AvgIpc) is 2.68. The first-order chi connectivity index (χ1) is 8.70. The lowest BCUT2D eigenvalue weighted by molar-refractivity contribution is -0.115. The molecule has 0 saturated heterocycles. The molecule has 1 aliphatic heterocycles.